The SMILES string of the molecule is CC1(C)CCC(Nc2ccccc2C(=O)O)CC1. The van der Waals surface area contributed by atoms with E-state index in [4.69, 9.17) is 5.11 Å². The topological polar surface area (TPSA) is 49.3 Å². The predicted octanol–water partition coefficient (Wildman–Crippen LogP) is 3.77. The Hall–Kier alpha value is -1.51. The van der Waals surface area contributed by atoms with Crippen molar-refractivity contribution in [1.29, 1.82) is 0 Å². The lowest BCUT2D eigenvalue weighted by atomic mass is 9.75. The Balaban J connectivity index is 2.04. The first-order valence-electron chi connectivity index (χ1n) is 6.57. The van der Waals surface area contributed by atoms with Gasteiger partial charge in [0.05, 0.1) is 5.56 Å². The van der Waals surface area contributed by atoms with Crippen LogP contribution in [0.5, 0.6) is 0 Å². The largest absolute Gasteiger partial charge is 0.478 e. The van der Waals surface area contributed by atoms with Crippen molar-refractivity contribution >= 4 is 11.7 Å². The molecule has 0 amide bonds. The minimum atomic E-state index is -0.866. The Morgan fingerprint density at radius 3 is 2.50 bits per heavy atom. The molecule has 0 bridgehead atoms. The van der Waals surface area contributed by atoms with Crippen LogP contribution < -0.4 is 5.32 Å². The summed E-state index contributed by atoms with van der Waals surface area (Å²) in [5.74, 6) is -0.866. The van der Waals surface area contributed by atoms with E-state index in [1.807, 2.05) is 12.1 Å². The highest BCUT2D eigenvalue weighted by molar-refractivity contribution is 5.94. The van der Waals surface area contributed by atoms with Crippen LogP contribution in [0.3, 0.4) is 0 Å². The lowest BCUT2D eigenvalue weighted by Gasteiger charge is -2.35. The predicted molar refractivity (Wildman–Crippen MR) is 73.1 cm³/mol. The summed E-state index contributed by atoms with van der Waals surface area (Å²) in [5, 5.41) is 12.5. The fourth-order valence-corrected chi connectivity index (χ4v) is 2.56. The summed E-state index contributed by atoms with van der Waals surface area (Å²) in [4.78, 5) is 11.1. The van der Waals surface area contributed by atoms with Gasteiger partial charge in [0, 0.05) is 11.7 Å². The summed E-state index contributed by atoms with van der Waals surface area (Å²) in [6.45, 7) is 4.60. The van der Waals surface area contributed by atoms with Gasteiger partial charge >= 0.3 is 5.97 Å². The average molecular weight is 247 g/mol. The molecular formula is C15H21NO2. The standard InChI is InChI=1S/C15H21NO2/c1-15(2)9-7-11(8-10-15)16-13-6-4-3-5-12(13)14(17)18/h3-6,11,16H,7-10H2,1-2H3,(H,17,18). The second-order valence-electron chi connectivity index (χ2n) is 5.93. The van der Waals surface area contributed by atoms with Gasteiger partial charge in [-0.1, -0.05) is 26.0 Å². The van der Waals surface area contributed by atoms with E-state index >= 15 is 0 Å². The number of aromatic carboxylic acids is 1. The molecule has 98 valence electrons. The van der Waals surface area contributed by atoms with Crippen LogP contribution in [0.1, 0.15) is 49.9 Å². The molecule has 0 aliphatic heterocycles. The fraction of sp³-hybridized carbons (Fsp3) is 0.533. The second-order valence-corrected chi connectivity index (χ2v) is 5.93. The molecule has 0 unspecified atom stereocenters. The lowest BCUT2D eigenvalue weighted by molar-refractivity contribution is 0.0698. The van der Waals surface area contributed by atoms with Crippen molar-refractivity contribution in [3.63, 3.8) is 0 Å². The zero-order valence-corrected chi connectivity index (χ0v) is 11.1. The second kappa shape index (κ2) is 5.01. The minimum Gasteiger partial charge on any atom is -0.478 e. The van der Waals surface area contributed by atoms with Crippen LogP contribution in [0.4, 0.5) is 5.69 Å². The molecule has 0 radical (unpaired) electrons. The zero-order chi connectivity index (χ0) is 13.2. The third kappa shape index (κ3) is 3.03. The van der Waals surface area contributed by atoms with Crippen LogP contribution in [-0.4, -0.2) is 17.1 Å². The number of hydrogen-bond donors (Lipinski definition) is 2. The Morgan fingerprint density at radius 2 is 1.89 bits per heavy atom. The lowest BCUT2D eigenvalue weighted by Crippen LogP contribution is -2.30. The van der Waals surface area contributed by atoms with Gasteiger partial charge in [0.1, 0.15) is 0 Å². The van der Waals surface area contributed by atoms with Crippen LogP contribution in [0.2, 0.25) is 0 Å². The van der Waals surface area contributed by atoms with E-state index in [0.717, 1.165) is 18.5 Å². The van der Waals surface area contributed by atoms with E-state index < -0.39 is 5.97 Å². The Labute approximate surface area is 108 Å². The highest BCUT2D eigenvalue weighted by Crippen LogP contribution is 2.36. The number of rotatable bonds is 3. The molecule has 0 saturated heterocycles. The first-order chi connectivity index (χ1) is 8.48. The van der Waals surface area contributed by atoms with Crippen molar-refractivity contribution in [3.8, 4) is 0 Å². The Kier molecular flexibility index (Phi) is 3.60. The molecule has 1 fully saturated rings. The number of carboxylic acids is 1. The molecule has 0 spiro atoms. The summed E-state index contributed by atoms with van der Waals surface area (Å²) in [5.41, 5.74) is 1.54. The number of para-hydroxylation sites is 1. The van der Waals surface area contributed by atoms with Gasteiger partial charge in [-0.25, -0.2) is 4.79 Å². The molecule has 1 aliphatic rings. The molecule has 3 heteroatoms. The molecule has 0 heterocycles. The first kappa shape index (κ1) is 12.9. The zero-order valence-electron chi connectivity index (χ0n) is 11.1. The monoisotopic (exact) mass is 247 g/mol. The number of hydrogen-bond acceptors (Lipinski definition) is 2. The quantitative estimate of drug-likeness (QED) is 0.855. The number of benzene rings is 1. The molecule has 1 aromatic carbocycles. The van der Waals surface area contributed by atoms with Crippen LogP contribution in [0, 0.1) is 5.41 Å². The normalized spacial score (nSPS) is 19.4. The van der Waals surface area contributed by atoms with Crippen molar-refractivity contribution in [2.45, 2.75) is 45.6 Å². The maximum absolute atomic E-state index is 11.1. The molecule has 3 nitrogen and oxygen atoms in total. The van der Waals surface area contributed by atoms with Gasteiger partial charge in [-0.3, -0.25) is 0 Å². The maximum Gasteiger partial charge on any atom is 0.337 e. The van der Waals surface area contributed by atoms with Gasteiger partial charge in [0.15, 0.2) is 0 Å². The van der Waals surface area contributed by atoms with E-state index in [2.05, 4.69) is 19.2 Å². The van der Waals surface area contributed by atoms with Crippen molar-refractivity contribution in [2.75, 3.05) is 5.32 Å². The summed E-state index contributed by atoms with van der Waals surface area (Å²) >= 11 is 0. The highest BCUT2D eigenvalue weighted by atomic mass is 16.4. The molecule has 1 aliphatic carbocycles. The van der Waals surface area contributed by atoms with Crippen LogP contribution in [-0.2, 0) is 0 Å². The molecule has 0 atom stereocenters. The van der Waals surface area contributed by atoms with Gasteiger partial charge in [-0.2, -0.15) is 0 Å². The highest BCUT2D eigenvalue weighted by Gasteiger charge is 2.27. The molecule has 1 aromatic rings. The number of anilines is 1. The van der Waals surface area contributed by atoms with Gasteiger partial charge < -0.3 is 10.4 Å². The van der Waals surface area contributed by atoms with Crippen LogP contribution >= 0.6 is 0 Å². The minimum absolute atomic E-state index is 0.363. The molecular weight excluding hydrogens is 226 g/mol. The summed E-state index contributed by atoms with van der Waals surface area (Å²) < 4.78 is 0. The van der Waals surface area contributed by atoms with E-state index in [9.17, 15) is 4.79 Å². The van der Waals surface area contributed by atoms with E-state index in [-0.39, 0.29) is 0 Å². The van der Waals surface area contributed by atoms with Gasteiger partial charge in [0.2, 0.25) is 0 Å². The first-order valence-corrected chi connectivity index (χ1v) is 6.57. The van der Waals surface area contributed by atoms with E-state index in [1.165, 1.54) is 12.8 Å². The number of carbonyl (C=O) groups is 1. The van der Waals surface area contributed by atoms with Gasteiger partial charge in [-0.05, 0) is 43.2 Å². The number of carboxylic acid groups (broad SMARTS) is 1. The van der Waals surface area contributed by atoms with E-state index in [0.29, 0.717) is 17.0 Å². The van der Waals surface area contributed by atoms with Gasteiger partial charge in [-0.15, -0.1) is 0 Å². The third-order valence-corrected chi connectivity index (χ3v) is 3.86. The third-order valence-electron chi connectivity index (χ3n) is 3.86. The summed E-state index contributed by atoms with van der Waals surface area (Å²) in [6, 6.07) is 7.54. The van der Waals surface area contributed by atoms with Gasteiger partial charge in [0.25, 0.3) is 0 Å². The van der Waals surface area contributed by atoms with Crippen LogP contribution in [0.15, 0.2) is 24.3 Å². The smallest absolute Gasteiger partial charge is 0.337 e. The van der Waals surface area contributed by atoms with Crippen molar-refractivity contribution in [1.82, 2.24) is 0 Å². The molecule has 2 N–H and O–H groups in total. The van der Waals surface area contributed by atoms with Crippen molar-refractivity contribution < 1.29 is 9.90 Å². The summed E-state index contributed by atoms with van der Waals surface area (Å²) in [7, 11) is 0. The molecule has 2 rings (SSSR count). The molecule has 1 saturated carbocycles. The molecule has 0 aromatic heterocycles. The molecule has 18 heavy (non-hydrogen) atoms. The van der Waals surface area contributed by atoms with Crippen LogP contribution in [0.25, 0.3) is 0 Å². The Bertz CT molecular complexity index is 430. The Morgan fingerprint density at radius 1 is 1.28 bits per heavy atom. The van der Waals surface area contributed by atoms with Crippen molar-refractivity contribution in [3.05, 3.63) is 29.8 Å². The maximum atomic E-state index is 11.1. The number of nitrogens with one attached hydrogen (secondary N) is 1. The fourth-order valence-electron chi connectivity index (χ4n) is 2.56. The van der Waals surface area contributed by atoms with Crippen molar-refractivity contribution in [2.24, 2.45) is 5.41 Å². The average Bonchev–Trinajstić information content (AvgIpc) is 2.32. The van der Waals surface area contributed by atoms with E-state index in [1.54, 1.807) is 12.1 Å². The summed E-state index contributed by atoms with van der Waals surface area (Å²) in [6.07, 6.45) is 4.61.